The second kappa shape index (κ2) is 6.68. The zero-order valence-electron chi connectivity index (χ0n) is 10.2. The molecular formula is C14H13ClFNOS. The molecule has 2 aromatic rings. The van der Waals surface area contributed by atoms with Gasteiger partial charge in [0.25, 0.3) is 0 Å². The Kier molecular flexibility index (Phi) is 4.93. The molecule has 1 aromatic carbocycles. The van der Waals surface area contributed by atoms with Gasteiger partial charge in [0.2, 0.25) is 5.91 Å². The zero-order chi connectivity index (χ0) is 13.7. The molecule has 19 heavy (non-hydrogen) atoms. The molecule has 0 unspecified atom stereocenters. The van der Waals surface area contributed by atoms with E-state index in [1.54, 1.807) is 17.4 Å². The van der Waals surface area contributed by atoms with Gasteiger partial charge < -0.3 is 5.32 Å². The summed E-state index contributed by atoms with van der Waals surface area (Å²) in [6.45, 7) is 0. The van der Waals surface area contributed by atoms with Crippen molar-refractivity contribution in [1.82, 2.24) is 0 Å². The van der Waals surface area contributed by atoms with E-state index in [-0.39, 0.29) is 11.6 Å². The summed E-state index contributed by atoms with van der Waals surface area (Å²) < 4.78 is 13.5. The van der Waals surface area contributed by atoms with Gasteiger partial charge in [-0.3, -0.25) is 4.79 Å². The third kappa shape index (κ3) is 4.33. The number of hydrogen-bond donors (Lipinski definition) is 1. The first kappa shape index (κ1) is 14.0. The van der Waals surface area contributed by atoms with Crippen LogP contribution in [0, 0.1) is 5.82 Å². The average molecular weight is 298 g/mol. The van der Waals surface area contributed by atoms with E-state index < -0.39 is 5.82 Å². The van der Waals surface area contributed by atoms with Gasteiger partial charge in [0, 0.05) is 16.3 Å². The highest BCUT2D eigenvalue weighted by Gasteiger charge is 2.07. The molecule has 1 aromatic heterocycles. The van der Waals surface area contributed by atoms with E-state index in [9.17, 15) is 9.18 Å². The Morgan fingerprint density at radius 2 is 2.21 bits per heavy atom. The number of nitrogens with one attached hydrogen (secondary N) is 1. The second-order valence-electron chi connectivity index (χ2n) is 4.11. The fourth-order valence-corrected chi connectivity index (χ4v) is 2.59. The van der Waals surface area contributed by atoms with Gasteiger partial charge in [0.1, 0.15) is 5.82 Å². The number of thiophene rings is 1. The van der Waals surface area contributed by atoms with Crippen LogP contribution in [0.3, 0.4) is 0 Å². The van der Waals surface area contributed by atoms with Gasteiger partial charge in [0.15, 0.2) is 0 Å². The van der Waals surface area contributed by atoms with Gasteiger partial charge in [-0.15, -0.1) is 11.3 Å². The smallest absolute Gasteiger partial charge is 0.224 e. The van der Waals surface area contributed by atoms with Crippen LogP contribution < -0.4 is 5.32 Å². The maximum atomic E-state index is 13.5. The number of hydrogen-bond acceptors (Lipinski definition) is 2. The number of carbonyl (C=O) groups is 1. The van der Waals surface area contributed by atoms with Gasteiger partial charge >= 0.3 is 0 Å². The first-order valence-electron chi connectivity index (χ1n) is 5.92. The van der Waals surface area contributed by atoms with Crippen LogP contribution in [0.2, 0.25) is 5.02 Å². The SMILES string of the molecule is O=C(CCCc1cccs1)Nc1ccc(Cl)cc1F. The largest absolute Gasteiger partial charge is 0.324 e. The maximum absolute atomic E-state index is 13.5. The van der Waals surface area contributed by atoms with Crippen LogP contribution in [0.1, 0.15) is 17.7 Å². The van der Waals surface area contributed by atoms with Gasteiger partial charge in [-0.1, -0.05) is 17.7 Å². The van der Waals surface area contributed by atoms with Crippen molar-refractivity contribution < 1.29 is 9.18 Å². The number of halogens is 2. The Balaban J connectivity index is 1.80. The van der Waals surface area contributed by atoms with E-state index in [1.165, 1.54) is 17.0 Å². The van der Waals surface area contributed by atoms with Gasteiger partial charge in [-0.05, 0) is 42.5 Å². The summed E-state index contributed by atoms with van der Waals surface area (Å²) in [5.41, 5.74) is 0.172. The van der Waals surface area contributed by atoms with E-state index in [0.717, 1.165) is 12.8 Å². The number of anilines is 1. The third-order valence-electron chi connectivity index (χ3n) is 2.61. The van der Waals surface area contributed by atoms with E-state index in [1.807, 2.05) is 17.5 Å². The molecule has 0 aliphatic rings. The molecule has 5 heteroatoms. The van der Waals surface area contributed by atoms with E-state index in [0.29, 0.717) is 11.4 Å². The number of benzene rings is 1. The second-order valence-corrected chi connectivity index (χ2v) is 5.57. The molecule has 0 saturated heterocycles. The minimum atomic E-state index is -0.515. The van der Waals surface area contributed by atoms with Crippen molar-refractivity contribution in [3.63, 3.8) is 0 Å². The lowest BCUT2D eigenvalue weighted by Gasteiger charge is -2.06. The zero-order valence-corrected chi connectivity index (χ0v) is 11.7. The fourth-order valence-electron chi connectivity index (χ4n) is 1.68. The highest BCUT2D eigenvalue weighted by atomic mass is 35.5. The van der Waals surface area contributed by atoms with Crippen LogP contribution in [-0.2, 0) is 11.2 Å². The molecule has 0 fully saturated rings. The van der Waals surface area contributed by atoms with Crippen molar-refractivity contribution in [2.45, 2.75) is 19.3 Å². The molecule has 0 radical (unpaired) electrons. The first-order valence-corrected chi connectivity index (χ1v) is 7.18. The molecule has 1 amide bonds. The maximum Gasteiger partial charge on any atom is 0.224 e. The molecule has 0 bridgehead atoms. The summed E-state index contributed by atoms with van der Waals surface area (Å²) in [7, 11) is 0. The van der Waals surface area contributed by atoms with Crippen LogP contribution in [0.5, 0.6) is 0 Å². The standard InChI is InChI=1S/C14H13ClFNOS/c15-10-6-7-13(12(16)9-10)17-14(18)5-1-3-11-4-2-8-19-11/h2,4,6-9H,1,3,5H2,(H,17,18). The molecule has 0 spiro atoms. The monoisotopic (exact) mass is 297 g/mol. The lowest BCUT2D eigenvalue weighted by molar-refractivity contribution is -0.116. The molecule has 0 aliphatic heterocycles. The minimum Gasteiger partial charge on any atom is -0.324 e. The lowest BCUT2D eigenvalue weighted by atomic mass is 10.2. The Bertz CT molecular complexity index is 557. The summed E-state index contributed by atoms with van der Waals surface area (Å²) in [6, 6.07) is 8.23. The predicted octanol–water partition coefficient (Wildman–Crippen LogP) is 4.50. The third-order valence-corrected chi connectivity index (χ3v) is 3.78. The summed E-state index contributed by atoms with van der Waals surface area (Å²) in [6.07, 6.45) is 2.00. The Morgan fingerprint density at radius 1 is 1.37 bits per heavy atom. The first-order chi connectivity index (χ1) is 9.15. The highest BCUT2D eigenvalue weighted by molar-refractivity contribution is 7.09. The van der Waals surface area contributed by atoms with Gasteiger partial charge in [0.05, 0.1) is 5.69 Å². The molecule has 0 atom stereocenters. The van der Waals surface area contributed by atoms with Gasteiger partial charge in [-0.25, -0.2) is 4.39 Å². The van der Waals surface area contributed by atoms with Crippen LogP contribution in [-0.4, -0.2) is 5.91 Å². The summed E-state index contributed by atoms with van der Waals surface area (Å²) in [5, 5.41) is 4.87. The van der Waals surface area contributed by atoms with Crippen LogP contribution >= 0.6 is 22.9 Å². The fraction of sp³-hybridized carbons (Fsp3) is 0.214. The minimum absolute atomic E-state index is 0.172. The molecule has 1 heterocycles. The number of amides is 1. The molecule has 2 nitrogen and oxygen atoms in total. The van der Waals surface area contributed by atoms with Crippen molar-refractivity contribution in [3.8, 4) is 0 Å². The quantitative estimate of drug-likeness (QED) is 0.865. The molecule has 0 saturated carbocycles. The highest BCUT2D eigenvalue weighted by Crippen LogP contribution is 2.19. The summed E-state index contributed by atoms with van der Waals surface area (Å²) in [4.78, 5) is 12.9. The summed E-state index contributed by atoms with van der Waals surface area (Å²) >= 11 is 7.32. The Labute approximate surface area is 120 Å². The molecule has 0 aliphatic carbocycles. The molecule has 100 valence electrons. The molecule has 2 rings (SSSR count). The van der Waals surface area contributed by atoms with E-state index in [4.69, 9.17) is 11.6 Å². The number of carbonyl (C=O) groups excluding carboxylic acids is 1. The Morgan fingerprint density at radius 3 is 2.89 bits per heavy atom. The predicted molar refractivity (Wildman–Crippen MR) is 77.3 cm³/mol. The number of rotatable bonds is 5. The molecule has 1 N–H and O–H groups in total. The summed E-state index contributed by atoms with van der Waals surface area (Å²) in [5.74, 6) is -0.697. The topological polar surface area (TPSA) is 29.1 Å². The van der Waals surface area contributed by atoms with E-state index in [2.05, 4.69) is 5.32 Å². The Hall–Kier alpha value is -1.39. The molecular weight excluding hydrogens is 285 g/mol. The lowest BCUT2D eigenvalue weighted by Crippen LogP contribution is -2.12. The van der Waals surface area contributed by atoms with Crippen LogP contribution in [0.15, 0.2) is 35.7 Å². The van der Waals surface area contributed by atoms with Crippen molar-refractivity contribution >= 4 is 34.5 Å². The van der Waals surface area contributed by atoms with Gasteiger partial charge in [-0.2, -0.15) is 0 Å². The normalized spacial score (nSPS) is 10.4. The van der Waals surface area contributed by atoms with Crippen molar-refractivity contribution in [2.24, 2.45) is 0 Å². The van der Waals surface area contributed by atoms with Crippen LogP contribution in [0.4, 0.5) is 10.1 Å². The number of aryl methyl sites for hydroxylation is 1. The van der Waals surface area contributed by atoms with Crippen molar-refractivity contribution in [3.05, 3.63) is 51.4 Å². The van der Waals surface area contributed by atoms with Crippen LogP contribution in [0.25, 0.3) is 0 Å². The average Bonchev–Trinajstić information content (AvgIpc) is 2.86. The van der Waals surface area contributed by atoms with Crippen molar-refractivity contribution in [1.29, 1.82) is 0 Å². The van der Waals surface area contributed by atoms with Crippen molar-refractivity contribution in [2.75, 3.05) is 5.32 Å². The van der Waals surface area contributed by atoms with E-state index >= 15 is 0 Å².